The minimum atomic E-state index is 0.715. The first-order valence-corrected chi connectivity index (χ1v) is 6.50. The lowest BCUT2D eigenvalue weighted by Crippen LogP contribution is -2.31. The molecular formula is C12H23ClN4O. The Balaban J connectivity index is 2.25. The van der Waals surface area contributed by atoms with E-state index in [9.17, 15) is 0 Å². The smallest absolute Gasteiger partial charge is 0.131 e. The van der Waals surface area contributed by atoms with Gasteiger partial charge in [0.05, 0.1) is 12.3 Å². The SMILES string of the molecule is COCCN(C)CCNCc1c(C)nn(C)c1Cl. The summed E-state index contributed by atoms with van der Waals surface area (Å²) in [6, 6.07) is 0. The van der Waals surface area contributed by atoms with Crippen molar-refractivity contribution in [1.29, 1.82) is 0 Å². The molecule has 1 aromatic rings. The van der Waals surface area contributed by atoms with Gasteiger partial charge < -0.3 is 15.0 Å². The van der Waals surface area contributed by atoms with Crippen molar-refractivity contribution in [3.63, 3.8) is 0 Å². The summed E-state index contributed by atoms with van der Waals surface area (Å²) in [6.45, 7) is 6.37. The van der Waals surface area contributed by atoms with Crippen molar-refractivity contribution in [2.75, 3.05) is 40.4 Å². The van der Waals surface area contributed by atoms with Crippen LogP contribution in [-0.4, -0.2) is 55.1 Å². The molecule has 0 aliphatic rings. The van der Waals surface area contributed by atoms with Crippen LogP contribution in [0.4, 0.5) is 0 Å². The van der Waals surface area contributed by atoms with Crippen LogP contribution in [0.5, 0.6) is 0 Å². The molecule has 0 fully saturated rings. The first kappa shape index (κ1) is 15.4. The van der Waals surface area contributed by atoms with Crippen LogP contribution < -0.4 is 5.32 Å². The molecule has 0 atom stereocenters. The van der Waals surface area contributed by atoms with E-state index < -0.39 is 0 Å². The van der Waals surface area contributed by atoms with E-state index in [-0.39, 0.29) is 0 Å². The summed E-state index contributed by atoms with van der Waals surface area (Å²) in [7, 11) is 5.67. The Morgan fingerprint density at radius 2 is 2.17 bits per heavy atom. The maximum Gasteiger partial charge on any atom is 0.131 e. The monoisotopic (exact) mass is 274 g/mol. The number of hydrogen-bond acceptors (Lipinski definition) is 4. The number of methoxy groups -OCH3 is 1. The molecule has 6 heteroatoms. The summed E-state index contributed by atoms with van der Waals surface area (Å²) in [5, 5.41) is 8.38. The van der Waals surface area contributed by atoms with Gasteiger partial charge in [0.25, 0.3) is 0 Å². The molecule has 104 valence electrons. The highest BCUT2D eigenvalue weighted by atomic mass is 35.5. The van der Waals surface area contributed by atoms with Gasteiger partial charge in [-0.2, -0.15) is 5.10 Å². The Labute approximate surface area is 114 Å². The number of nitrogens with one attached hydrogen (secondary N) is 1. The molecule has 1 rings (SSSR count). The Kier molecular flexibility index (Phi) is 6.63. The number of hydrogen-bond donors (Lipinski definition) is 1. The van der Waals surface area contributed by atoms with Gasteiger partial charge in [0.2, 0.25) is 0 Å². The highest BCUT2D eigenvalue weighted by Crippen LogP contribution is 2.17. The van der Waals surface area contributed by atoms with Crippen molar-refractivity contribution < 1.29 is 4.74 Å². The zero-order chi connectivity index (χ0) is 13.5. The molecule has 1 N–H and O–H groups in total. The van der Waals surface area contributed by atoms with Crippen molar-refractivity contribution in [2.45, 2.75) is 13.5 Å². The Hall–Kier alpha value is -0.620. The topological polar surface area (TPSA) is 42.3 Å². The van der Waals surface area contributed by atoms with Crippen molar-refractivity contribution in [3.05, 3.63) is 16.4 Å². The van der Waals surface area contributed by atoms with E-state index in [0.717, 1.165) is 44.0 Å². The molecular weight excluding hydrogens is 252 g/mol. The van der Waals surface area contributed by atoms with Gasteiger partial charge in [-0.3, -0.25) is 4.68 Å². The number of nitrogens with zero attached hydrogens (tertiary/aromatic N) is 3. The van der Waals surface area contributed by atoms with Crippen LogP contribution in [0.25, 0.3) is 0 Å². The molecule has 5 nitrogen and oxygen atoms in total. The Morgan fingerprint density at radius 3 is 2.72 bits per heavy atom. The molecule has 0 aromatic carbocycles. The van der Waals surface area contributed by atoms with Gasteiger partial charge in [-0.1, -0.05) is 11.6 Å². The number of aromatic nitrogens is 2. The van der Waals surface area contributed by atoms with Crippen molar-refractivity contribution in [3.8, 4) is 0 Å². The van der Waals surface area contributed by atoms with Crippen LogP contribution in [0.2, 0.25) is 5.15 Å². The molecule has 1 aromatic heterocycles. The first-order valence-electron chi connectivity index (χ1n) is 6.12. The molecule has 0 saturated carbocycles. The van der Waals surface area contributed by atoms with E-state index in [2.05, 4.69) is 22.4 Å². The molecule has 0 saturated heterocycles. The zero-order valence-electron chi connectivity index (χ0n) is 11.7. The van der Waals surface area contributed by atoms with Crippen LogP contribution in [0.3, 0.4) is 0 Å². The summed E-state index contributed by atoms with van der Waals surface area (Å²) >= 11 is 6.16. The van der Waals surface area contributed by atoms with Crippen molar-refractivity contribution in [2.24, 2.45) is 7.05 Å². The van der Waals surface area contributed by atoms with Crippen LogP contribution in [0, 0.1) is 6.92 Å². The van der Waals surface area contributed by atoms with E-state index in [0.29, 0.717) is 5.15 Å². The summed E-state index contributed by atoms with van der Waals surface area (Å²) < 4.78 is 6.74. The van der Waals surface area contributed by atoms with E-state index in [1.807, 2.05) is 14.0 Å². The zero-order valence-corrected chi connectivity index (χ0v) is 12.4. The summed E-state index contributed by atoms with van der Waals surface area (Å²) in [4.78, 5) is 2.23. The van der Waals surface area contributed by atoms with Gasteiger partial charge in [0, 0.05) is 45.9 Å². The van der Waals surface area contributed by atoms with Crippen LogP contribution >= 0.6 is 11.6 Å². The van der Waals surface area contributed by atoms with Crippen LogP contribution in [0.1, 0.15) is 11.3 Å². The fourth-order valence-corrected chi connectivity index (χ4v) is 1.96. The summed E-state index contributed by atoms with van der Waals surface area (Å²) in [6.07, 6.45) is 0. The quantitative estimate of drug-likeness (QED) is 0.720. The van der Waals surface area contributed by atoms with Crippen molar-refractivity contribution in [1.82, 2.24) is 20.0 Å². The molecule has 0 radical (unpaired) electrons. The molecule has 1 heterocycles. The highest BCUT2D eigenvalue weighted by molar-refractivity contribution is 6.30. The fourth-order valence-electron chi connectivity index (χ4n) is 1.72. The highest BCUT2D eigenvalue weighted by Gasteiger charge is 2.10. The third-order valence-corrected chi connectivity index (χ3v) is 3.39. The second-order valence-corrected chi connectivity index (χ2v) is 4.81. The van der Waals surface area contributed by atoms with E-state index in [1.54, 1.807) is 11.8 Å². The normalized spacial score (nSPS) is 11.4. The number of aryl methyl sites for hydroxylation is 2. The molecule has 0 spiro atoms. The molecule has 0 amide bonds. The van der Waals surface area contributed by atoms with E-state index >= 15 is 0 Å². The van der Waals surface area contributed by atoms with Crippen LogP contribution in [-0.2, 0) is 18.3 Å². The molecule has 18 heavy (non-hydrogen) atoms. The minimum Gasteiger partial charge on any atom is -0.383 e. The largest absolute Gasteiger partial charge is 0.383 e. The van der Waals surface area contributed by atoms with Gasteiger partial charge >= 0.3 is 0 Å². The average molecular weight is 275 g/mol. The standard InChI is InChI=1S/C12H23ClN4O/c1-10-11(12(13)17(3)15-10)9-14-5-6-16(2)7-8-18-4/h14H,5-9H2,1-4H3. The van der Waals surface area contributed by atoms with Gasteiger partial charge in [-0.25, -0.2) is 0 Å². The summed E-state index contributed by atoms with van der Waals surface area (Å²) in [5.74, 6) is 0. The molecule has 0 aliphatic carbocycles. The predicted octanol–water partition coefficient (Wildman–Crippen LogP) is 1.05. The lowest BCUT2D eigenvalue weighted by molar-refractivity contribution is 0.161. The second-order valence-electron chi connectivity index (χ2n) is 4.45. The maximum absolute atomic E-state index is 6.16. The van der Waals surface area contributed by atoms with Crippen LogP contribution in [0.15, 0.2) is 0 Å². The molecule has 0 bridgehead atoms. The third-order valence-electron chi connectivity index (χ3n) is 2.92. The third kappa shape index (κ3) is 4.57. The predicted molar refractivity (Wildman–Crippen MR) is 74.0 cm³/mol. The molecule has 0 unspecified atom stereocenters. The van der Waals surface area contributed by atoms with Gasteiger partial charge in [-0.15, -0.1) is 0 Å². The Bertz CT molecular complexity index is 367. The summed E-state index contributed by atoms with van der Waals surface area (Å²) in [5.41, 5.74) is 2.07. The lowest BCUT2D eigenvalue weighted by atomic mass is 10.2. The van der Waals surface area contributed by atoms with E-state index in [4.69, 9.17) is 16.3 Å². The van der Waals surface area contributed by atoms with Crippen molar-refractivity contribution >= 4 is 11.6 Å². The maximum atomic E-state index is 6.16. The fraction of sp³-hybridized carbons (Fsp3) is 0.750. The number of halogens is 1. The van der Waals surface area contributed by atoms with Gasteiger partial charge in [-0.05, 0) is 14.0 Å². The Morgan fingerprint density at radius 1 is 1.44 bits per heavy atom. The number of rotatable bonds is 8. The number of likely N-dealkylation sites (N-methyl/N-ethyl adjacent to an activating group) is 1. The van der Waals surface area contributed by atoms with E-state index in [1.165, 1.54) is 0 Å². The minimum absolute atomic E-state index is 0.715. The first-order chi connectivity index (χ1) is 8.56. The average Bonchev–Trinajstić information content (AvgIpc) is 2.57. The second kappa shape index (κ2) is 7.74. The molecule has 0 aliphatic heterocycles. The number of ether oxygens (including phenoxy) is 1. The van der Waals surface area contributed by atoms with Gasteiger partial charge in [0.15, 0.2) is 0 Å². The van der Waals surface area contributed by atoms with Gasteiger partial charge in [0.1, 0.15) is 5.15 Å². The lowest BCUT2D eigenvalue weighted by Gasteiger charge is -2.16.